The minimum atomic E-state index is -0.286. The average molecular weight is 289 g/mol. The zero-order valence-corrected chi connectivity index (χ0v) is 10.8. The summed E-state index contributed by atoms with van der Waals surface area (Å²) in [5, 5.41) is 4.60. The van der Waals surface area contributed by atoms with Crippen LogP contribution in [0, 0.1) is 0 Å². The van der Waals surface area contributed by atoms with Crippen LogP contribution in [0.1, 0.15) is 5.56 Å². The van der Waals surface area contributed by atoms with E-state index in [1.165, 1.54) is 6.33 Å². The van der Waals surface area contributed by atoms with Crippen molar-refractivity contribution >= 4 is 34.9 Å². The first kappa shape index (κ1) is 12.4. The molecule has 0 saturated heterocycles. The van der Waals surface area contributed by atoms with Crippen molar-refractivity contribution in [2.75, 3.05) is 5.43 Å². The van der Waals surface area contributed by atoms with Gasteiger partial charge in [-0.25, -0.2) is 10.4 Å². The molecule has 0 radical (unpaired) electrons. The number of anilines is 1. The fourth-order valence-electron chi connectivity index (χ4n) is 1.64. The maximum atomic E-state index is 11.5. The largest absolute Gasteiger partial charge is 0.317 e. The lowest BCUT2D eigenvalue weighted by atomic mass is 10.2. The van der Waals surface area contributed by atoms with E-state index in [1.54, 1.807) is 12.3 Å². The summed E-state index contributed by atoms with van der Waals surface area (Å²) in [5.41, 5.74) is 3.79. The molecule has 8 heteroatoms. The quantitative estimate of drug-likeness (QED) is 0.505. The number of nitrogens with zero attached hydrogens (tertiary/aromatic N) is 3. The smallest absolute Gasteiger partial charge is 0.276 e. The Bertz CT molecular complexity index is 837. The van der Waals surface area contributed by atoms with Crippen LogP contribution in [0.15, 0.2) is 40.5 Å². The minimum Gasteiger partial charge on any atom is -0.317 e. The van der Waals surface area contributed by atoms with Crippen molar-refractivity contribution in [1.29, 1.82) is 0 Å². The van der Waals surface area contributed by atoms with E-state index in [4.69, 9.17) is 11.6 Å². The molecule has 0 atom stereocenters. The summed E-state index contributed by atoms with van der Waals surface area (Å²) >= 11 is 5.99. The molecule has 0 aliphatic rings. The van der Waals surface area contributed by atoms with E-state index in [1.807, 2.05) is 18.2 Å². The van der Waals surface area contributed by atoms with Crippen LogP contribution in [0.4, 0.5) is 5.95 Å². The van der Waals surface area contributed by atoms with E-state index in [0.717, 1.165) is 5.56 Å². The highest BCUT2D eigenvalue weighted by molar-refractivity contribution is 6.33. The Hall–Kier alpha value is -2.67. The third-order valence-electron chi connectivity index (χ3n) is 2.57. The second-order valence-corrected chi connectivity index (χ2v) is 4.31. The van der Waals surface area contributed by atoms with Crippen molar-refractivity contribution in [2.45, 2.75) is 0 Å². The molecule has 3 N–H and O–H groups in total. The van der Waals surface area contributed by atoms with Crippen LogP contribution >= 0.6 is 11.6 Å². The van der Waals surface area contributed by atoms with Gasteiger partial charge in [0.25, 0.3) is 5.56 Å². The van der Waals surface area contributed by atoms with Crippen molar-refractivity contribution in [3.63, 3.8) is 0 Å². The van der Waals surface area contributed by atoms with Crippen molar-refractivity contribution in [3.8, 4) is 0 Å². The van der Waals surface area contributed by atoms with E-state index in [-0.39, 0.29) is 5.56 Å². The molecule has 3 rings (SSSR count). The van der Waals surface area contributed by atoms with Crippen molar-refractivity contribution in [3.05, 3.63) is 51.5 Å². The van der Waals surface area contributed by atoms with Gasteiger partial charge in [0.1, 0.15) is 0 Å². The lowest BCUT2D eigenvalue weighted by molar-refractivity contribution is 1.15. The number of fused-ring (bicyclic) bond motifs is 1. The van der Waals surface area contributed by atoms with Crippen LogP contribution in [-0.2, 0) is 0 Å². The fourth-order valence-corrected chi connectivity index (χ4v) is 1.82. The molecular formula is C12H9ClN6O. The predicted octanol–water partition coefficient (Wildman–Crippen LogP) is 1.75. The lowest BCUT2D eigenvalue weighted by Crippen LogP contribution is -2.05. The molecule has 0 bridgehead atoms. The second-order valence-electron chi connectivity index (χ2n) is 3.91. The van der Waals surface area contributed by atoms with E-state index in [9.17, 15) is 4.79 Å². The third-order valence-corrected chi connectivity index (χ3v) is 2.92. The maximum absolute atomic E-state index is 11.5. The van der Waals surface area contributed by atoms with Gasteiger partial charge in [0.05, 0.1) is 12.5 Å². The zero-order chi connectivity index (χ0) is 13.9. The predicted molar refractivity (Wildman–Crippen MR) is 77.2 cm³/mol. The first-order valence-corrected chi connectivity index (χ1v) is 6.09. The van der Waals surface area contributed by atoms with Gasteiger partial charge in [-0.3, -0.25) is 4.79 Å². The fraction of sp³-hybridized carbons (Fsp3) is 0. The van der Waals surface area contributed by atoms with Gasteiger partial charge < -0.3 is 9.97 Å². The van der Waals surface area contributed by atoms with Crippen molar-refractivity contribution in [2.24, 2.45) is 5.10 Å². The first-order chi connectivity index (χ1) is 9.74. The van der Waals surface area contributed by atoms with Crippen LogP contribution < -0.4 is 11.0 Å². The molecular weight excluding hydrogens is 280 g/mol. The lowest BCUT2D eigenvalue weighted by Gasteiger charge is -1.96. The van der Waals surface area contributed by atoms with E-state index in [2.05, 4.69) is 30.5 Å². The third kappa shape index (κ3) is 2.39. The molecule has 100 valence electrons. The summed E-state index contributed by atoms with van der Waals surface area (Å²) in [6, 6.07) is 7.30. The Balaban J connectivity index is 1.82. The monoisotopic (exact) mass is 288 g/mol. The number of imidazole rings is 1. The molecule has 2 aromatic heterocycles. The molecule has 20 heavy (non-hydrogen) atoms. The number of hydrogen-bond donors (Lipinski definition) is 3. The molecule has 0 fully saturated rings. The van der Waals surface area contributed by atoms with Crippen LogP contribution in [-0.4, -0.2) is 26.2 Å². The number of nitrogens with one attached hydrogen (secondary N) is 3. The van der Waals surface area contributed by atoms with E-state index < -0.39 is 0 Å². The molecule has 0 spiro atoms. The number of halogens is 1. The summed E-state index contributed by atoms with van der Waals surface area (Å²) < 4.78 is 0. The summed E-state index contributed by atoms with van der Waals surface area (Å²) in [7, 11) is 0. The van der Waals surface area contributed by atoms with Crippen LogP contribution in [0.5, 0.6) is 0 Å². The molecule has 7 nitrogen and oxygen atoms in total. The number of H-pyrrole nitrogens is 2. The molecule has 1 aromatic carbocycles. The molecule has 2 heterocycles. The summed E-state index contributed by atoms with van der Waals surface area (Å²) in [6.45, 7) is 0. The number of rotatable bonds is 3. The highest BCUT2D eigenvalue weighted by Crippen LogP contribution is 2.12. The zero-order valence-electron chi connectivity index (χ0n) is 10.1. The maximum Gasteiger partial charge on any atom is 0.276 e. The Morgan fingerprint density at radius 1 is 1.35 bits per heavy atom. The van der Waals surface area contributed by atoms with Crippen LogP contribution in [0.25, 0.3) is 11.2 Å². The number of benzene rings is 1. The number of aromatic nitrogens is 4. The van der Waals surface area contributed by atoms with Gasteiger partial charge in [0.2, 0.25) is 5.95 Å². The van der Waals surface area contributed by atoms with Gasteiger partial charge >= 0.3 is 0 Å². The topological polar surface area (TPSA) is 98.8 Å². The van der Waals surface area contributed by atoms with Gasteiger partial charge in [0.15, 0.2) is 11.2 Å². The summed E-state index contributed by atoms with van der Waals surface area (Å²) in [4.78, 5) is 24.7. The van der Waals surface area contributed by atoms with Gasteiger partial charge in [-0.05, 0) is 6.07 Å². The van der Waals surface area contributed by atoms with Crippen molar-refractivity contribution in [1.82, 2.24) is 19.9 Å². The van der Waals surface area contributed by atoms with Gasteiger partial charge in [-0.15, -0.1) is 0 Å². The van der Waals surface area contributed by atoms with Gasteiger partial charge in [-0.2, -0.15) is 10.1 Å². The van der Waals surface area contributed by atoms with Crippen molar-refractivity contribution < 1.29 is 0 Å². The Morgan fingerprint density at radius 3 is 3.00 bits per heavy atom. The average Bonchev–Trinajstić information content (AvgIpc) is 2.85. The molecule has 0 unspecified atom stereocenters. The summed E-state index contributed by atoms with van der Waals surface area (Å²) in [5.74, 6) is 0.326. The van der Waals surface area contributed by atoms with Gasteiger partial charge in [-0.1, -0.05) is 29.8 Å². The number of aromatic amines is 2. The Labute approximate surface area is 117 Å². The normalized spacial score (nSPS) is 11.2. The Kier molecular flexibility index (Phi) is 3.18. The highest BCUT2D eigenvalue weighted by Gasteiger charge is 2.05. The number of hydrazone groups is 1. The molecule has 3 aromatic rings. The first-order valence-electron chi connectivity index (χ1n) is 5.71. The van der Waals surface area contributed by atoms with E-state index >= 15 is 0 Å². The highest BCUT2D eigenvalue weighted by atomic mass is 35.5. The SMILES string of the molecule is O=c1[nH]cnc2nc(N/N=C/c3ccccc3Cl)[nH]c12. The van der Waals surface area contributed by atoms with E-state index in [0.29, 0.717) is 22.1 Å². The van der Waals surface area contributed by atoms with Crippen LogP contribution in [0.3, 0.4) is 0 Å². The molecule has 0 amide bonds. The molecule has 0 aliphatic carbocycles. The summed E-state index contributed by atoms with van der Waals surface area (Å²) in [6.07, 6.45) is 2.86. The Morgan fingerprint density at radius 2 is 2.20 bits per heavy atom. The minimum absolute atomic E-state index is 0.286. The van der Waals surface area contributed by atoms with Crippen LogP contribution in [0.2, 0.25) is 5.02 Å². The standard InChI is InChI=1S/C12H9ClN6O/c13-8-4-2-1-3-7(8)5-16-19-12-17-9-10(18-12)14-6-15-11(9)20/h1-6H,(H3,14,15,17,18,19,20)/b16-5+. The second kappa shape index (κ2) is 5.14. The molecule has 0 saturated carbocycles. The van der Waals surface area contributed by atoms with Gasteiger partial charge in [0, 0.05) is 10.6 Å². The molecule has 0 aliphatic heterocycles. The number of hydrogen-bond acceptors (Lipinski definition) is 5.